The third kappa shape index (κ3) is 4.48. The minimum atomic E-state index is -0.907. The van der Waals surface area contributed by atoms with E-state index in [0.717, 1.165) is 13.0 Å². The zero-order valence-corrected chi connectivity index (χ0v) is 9.53. The Morgan fingerprint density at radius 3 is 2.75 bits per heavy atom. The molecule has 0 aromatic carbocycles. The number of amides is 2. The predicted octanol–water partition coefficient (Wildman–Crippen LogP) is -0.145. The number of likely N-dealkylation sites (N-methyl/N-ethyl adjacent to an activating group) is 1. The Morgan fingerprint density at radius 2 is 2.19 bits per heavy atom. The second-order valence-corrected chi connectivity index (χ2v) is 4.06. The van der Waals surface area contributed by atoms with Gasteiger partial charge in [0.05, 0.1) is 6.42 Å². The van der Waals surface area contributed by atoms with Crippen molar-refractivity contribution < 1.29 is 14.7 Å². The van der Waals surface area contributed by atoms with E-state index in [9.17, 15) is 9.59 Å². The molecular weight excluding hydrogens is 210 g/mol. The smallest absolute Gasteiger partial charge is 0.314 e. The number of aliphatic carboxylic acids is 1. The lowest BCUT2D eigenvalue weighted by atomic mass is 10.2. The summed E-state index contributed by atoms with van der Waals surface area (Å²) in [5.41, 5.74) is 0. The van der Waals surface area contributed by atoms with Crippen molar-refractivity contribution in [3.8, 4) is 0 Å². The number of hydrogen-bond acceptors (Lipinski definition) is 3. The standard InChI is InChI=1S/C10H19N3O3/c1-13-6-2-3-8(13)7-12-10(16)11-5-4-9(14)15/h8H,2-7H2,1H3,(H,14,15)(H2,11,12,16). The van der Waals surface area contributed by atoms with Crippen LogP contribution in [0.5, 0.6) is 0 Å². The highest BCUT2D eigenvalue weighted by Crippen LogP contribution is 2.13. The summed E-state index contributed by atoms with van der Waals surface area (Å²) < 4.78 is 0. The van der Waals surface area contributed by atoms with E-state index in [0.29, 0.717) is 12.6 Å². The summed E-state index contributed by atoms with van der Waals surface area (Å²) in [4.78, 5) is 23.7. The second kappa shape index (κ2) is 6.32. The van der Waals surface area contributed by atoms with Crippen LogP contribution in [0.3, 0.4) is 0 Å². The van der Waals surface area contributed by atoms with Gasteiger partial charge in [0, 0.05) is 19.1 Å². The van der Waals surface area contributed by atoms with Crippen LogP contribution in [0.15, 0.2) is 0 Å². The second-order valence-electron chi connectivity index (χ2n) is 4.06. The fourth-order valence-corrected chi connectivity index (χ4v) is 1.79. The number of urea groups is 1. The highest BCUT2D eigenvalue weighted by Gasteiger charge is 2.20. The van der Waals surface area contributed by atoms with Crippen LogP contribution in [-0.2, 0) is 4.79 Å². The van der Waals surface area contributed by atoms with E-state index in [1.54, 1.807) is 0 Å². The van der Waals surface area contributed by atoms with Crippen molar-refractivity contribution in [3.05, 3.63) is 0 Å². The van der Waals surface area contributed by atoms with Gasteiger partial charge in [-0.25, -0.2) is 4.79 Å². The number of nitrogens with zero attached hydrogens (tertiary/aromatic N) is 1. The highest BCUT2D eigenvalue weighted by molar-refractivity contribution is 5.74. The molecular formula is C10H19N3O3. The molecule has 0 bridgehead atoms. The van der Waals surface area contributed by atoms with Crippen molar-refractivity contribution >= 4 is 12.0 Å². The zero-order chi connectivity index (χ0) is 12.0. The van der Waals surface area contributed by atoms with Crippen LogP contribution in [0.2, 0.25) is 0 Å². The molecule has 1 fully saturated rings. The molecule has 0 radical (unpaired) electrons. The summed E-state index contributed by atoms with van der Waals surface area (Å²) >= 11 is 0. The molecule has 1 rings (SSSR count). The molecule has 0 saturated carbocycles. The molecule has 0 aromatic rings. The minimum Gasteiger partial charge on any atom is -0.481 e. The van der Waals surface area contributed by atoms with E-state index in [1.165, 1.54) is 6.42 Å². The number of nitrogens with one attached hydrogen (secondary N) is 2. The first-order valence-electron chi connectivity index (χ1n) is 5.53. The van der Waals surface area contributed by atoms with Gasteiger partial charge in [0.1, 0.15) is 0 Å². The Kier molecular flexibility index (Phi) is 5.04. The van der Waals surface area contributed by atoms with Gasteiger partial charge in [0.2, 0.25) is 0 Å². The monoisotopic (exact) mass is 229 g/mol. The normalized spacial score (nSPS) is 20.7. The molecule has 0 aromatic heterocycles. The molecule has 2 amide bonds. The lowest BCUT2D eigenvalue weighted by Crippen LogP contribution is -2.43. The summed E-state index contributed by atoms with van der Waals surface area (Å²) in [6.45, 7) is 1.87. The Balaban J connectivity index is 2.08. The first kappa shape index (κ1) is 12.8. The van der Waals surface area contributed by atoms with Crippen LogP contribution in [0.4, 0.5) is 4.79 Å². The quantitative estimate of drug-likeness (QED) is 0.612. The van der Waals surface area contributed by atoms with Gasteiger partial charge in [-0.05, 0) is 26.4 Å². The molecule has 16 heavy (non-hydrogen) atoms. The fourth-order valence-electron chi connectivity index (χ4n) is 1.79. The minimum absolute atomic E-state index is 0.0449. The van der Waals surface area contributed by atoms with Crippen molar-refractivity contribution in [2.24, 2.45) is 0 Å². The number of hydrogen-bond donors (Lipinski definition) is 3. The van der Waals surface area contributed by atoms with E-state index in [2.05, 4.69) is 15.5 Å². The Morgan fingerprint density at radius 1 is 1.44 bits per heavy atom. The van der Waals surface area contributed by atoms with Gasteiger partial charge in [-0.2, -0.15) is 0 Å². The number of carbonyl (C=O) groups is 2. The SMILES string of the molecule is CN1CCCC1CNC(=O)NCCC(=O)O. The van der Waals surface area contributed by atoms with Gasteiger partial charge in [0.15, 0.2) is 0 Å². The number of carboxylic acids is 1. The molecule has 0 aliphatic carbocycles. The van der Waals surface area contributed by atoms with Crippen molar-refractivity contribution in [1.29, 1.82) is 0 Å². The van der Waals surface area contributed by atoms with E-state index in [-0.39, 0.29) is 19.0 Å². The third-order valence-corrected chi connectivity index (χ3v) is 2.79. The molecule has 1 atom stereocenters. The molecule has 1 unspecified atom stereocenters. The van der Waals surface area contributed by atoms with Crippen LogP contribution in [0, 0.1) is 0 Å². The Labute approximate surface area is 95.0 Å². The van der Waals surface area contributed by atoms with Crippen molar-refractivity contribution in [3.63, 3.8) is 0 Å². The maximum absolute atomic E-state index is 11.3. The van der Waals surface area contributed by atoms with Gasteiger partial charge in [-0.15, -0.1) is 0 Å². The molecule has 1 heterocycles. The summed E-state index contributed by atoms with van der Waals surface area (Å²) in [5, 5.41) is 13.6. The van der Waals surface area contributed by atoms with Crippen LogP contribution in [-0.4, -0.2) is 54.7 Å². The summed E-state index contributed by atoms with van der Waals surface area (Å²) in [7, 11) is 2.04. The van der Waals surface area contributed by atoms with Gasteiger partial charge in [-0.3, -0.25) is 4.79 Å². The Bertz CT molecular complexity index is 258. The molecule has 92 valence electrons. The topological polar surface area (TPSA) is 81.7 Å². The average Bonchev–Trinajstić information content (AvgIpc) is 2.60. The third-order valence-electron chi connectivity index (χ3n) is 2.79. The van der Waals surface area contributed by atoms with Crippen LogP contribution < -0.4 is 10.6 Å². The van der Waals surface area contributed by atoms with Gasteiger partial charge < -0.3 is 20.6 Å². The van der Waals surface area contributed by atoms with E-state index >= 15 is 0 Å². The number of rotatable bonds is 5. The lowest BCUT2D eigenvalue weighted by molar-refractivity contribution is -0.136. The van der Waals surface area contributed by atoms with Crippen molar-refractivity contribution in [2.45, 2.75) is 25.3 Å². The van der Waals surface area contributed by atoms with Crippen molar-refractivity contribution in [2.75, 3.05) is 26.7 Å². The number of carbonyl (C=O) groups excluding carboxylic acids is 1. The maximum Gasteiger partial charge on any atom is 0.314 e. The molecule has 0 spiro atoms. The summed E-state index contributed by atoms with van der Waals surface area (Å²) in [5.74, 6) is -0.907. The van der Waals surface area contributed by atoms with Crippen molar-refractivity contribution in [1.82, 2.24) is 15.5 Å². The highest BCUT2D eigenvalue weighted by atomic mass is 16.4. The van der Waals surface area contributed by atoms with Crippen LogP contribution in [0.25, 0.3) is 0 Å². The zero-order valence-electron chi connectivity index (χ0n) is 9.53. The average molecular weight is 229 g/mol. The molecule has 1 saturated heterocycles. The maximum atomic E-state index is 11.3. The molecule has 3 N–H and O–H groups in total. The van der Waals surface area contributed by atoms with Crippen LogP contribution in [0.1, 0.15) is 19.3 Å². The van der Waals surface area contributed by atoms with E-state index in [4.69, 9.17) is 5.11 Å². The van der Waals surface area contributed by atoms with Crippen LogP contribution >= 0.6 is 0 Å². The first-order valence-corrected chi connectivity index (χ1v) is 5.53. The molecule has 6 nitrogen and oxygen atoms in total. The number of likely N-dealkylation sites (tertiary alicyclic amines) is 1. The summed E-state index contributed by atoms with van der Waals surface area (Å²) in [6.07, 6.45) is 2.23. The van der Waals surface area contributed by atoms with Gasteiger partial charge in [-0.1, -0.05) is 0 Å². The lowest BCUT2D eigenvalue weighted by Gasteiger charge is -2.19. The first-order chi connectivity index (χ1) is 7.59. The summed E-state index contributed by atoms with van der Waals surface area (Å²) in [6, 6.07) is 0.117. The predicted molar refractivity (Wildman–Crippen MR) is 59.3 cm³/mol. The largest absolute Gasteiger partial charge is 0.481 e. The molecule has 1 aliphatic rings. The van der Waals surface area contributed by atoms with E-state index in [1.807, 2.05) is 7.05 Å². The number of carboxylic acid groups (broad SMARTS) is 1. The van der Waals surface area contributed by atoms with Gasteiger partial charge in [0.25, 0.3) is 0 Å². The van der Waals surface area contributed by atoms with Gasteiger partial charge >= 0.3 is 12.0 Å². The molecule has 6 heteroatoms. The fraction of sp³-hybridized carbons (Fsp3) is 0.800. The van der Waals surface area contributed by atoms with E-state index < -0.39 is 5.97 Å². The molecule has 1 aliphatic heterocycles. The Hall–Kier alpha value is -1.30.